The third-order valence-corrected chi connectivity index (χ3v) is 5.62. The minimum atomic E-state index is -3.02. The van der Waals surface area contributed by atoms with Crippen LogP contribution in [0.15, 0.2) is 0 Å². The summed E-state index contributed by atoms with van der Waals surface area (Å²) in [5.41, 5.74) is 0. The predicted molar refractivity (Wildman–Crippen MR) is 66.9 cm³/mol. The van der Waals surface area contributed by atoms with E-state index in [1.807, 2.05) is 14.0 Å². The molecule has 1 N–H and O–H groups in total. The summed E-state index contributed by atoms with van der Waals surface area (Å²) in [6.07, 6.45) is 4.80. The van der Waals surface area contributed by atoms with Crippen molar-refractivity contribution in [2.75, 3.05) is 19.8 Å². The fraction of sp³-hybridized carbons (Fsp3) is 1.00. The van der Waals surface area contributed by atoms with E-state index in [9.17, 15) is 8.42 Å². The van der Waals surface area contributed by atoms with E-state index in [2.05, 4.69) is 5.32 Å². The Bertz CT molecular complexity index is 295. The summed E-state index contributed by atoms with van der Waals surface area (Å²) in [7, 11) is 0.685. The molecule has 0 bridgehead atoms. The number of hydrogen-bond acceptors (Lipinski definition) is 3. The first-order chi connectivity index (χ1) is 7.51. The van der Waals surface area contributed by atoms with Crippen molar-refractivity contribution in [3.8, 4) is 0 Å². The van der Waals surface area contributed by atoms with Gasteiger partial charge in [-0.25, -0.2) is 12.7 Å². The Labute approximate surface area is 99.5 Å². The Hall–Kier alpha value is -0.130. The maximum atomic E-state index is 11.9. The van der Waals surface area contributed by atoms with Crippen LogP contribution in [0.4, 0.5) is 0 Å². The second-order valence-corrected chi connectivity index (χ2v) is 6.77. The first kappa shape index (κ1) is 13.9. The molecule has 4 nitrogen and oxygen atoms in total. The van der Waals surface area contributed by atoms with Gasteiger partial charge in [0.15, 0.2) is 0 Å². The van der Waals surface area contributed by atoms with Crippen molar-refractivity contribution >= 4 is 10.0 Å². The van der Waals surface area contributed by atoms with Gasteiger partial charge in [0, 0.05) is 19.1 Å². The molecule has 5 heteroatoms. The van der Waals surface area contributed by atoms with Crippen LogP contribution in [0.5, 0.6) is 0 Å². The second kappa shape index (κ2) is 5.98. The van der Waals surface area contributed by atoms with Crippen molar-refractivity contribution in [1.29, 1.82) is 0 Å². The molecule has 0 aromatic carbocycles. The SMILES string of the molecule is CCCS(=O)(=O)N(C)C1CCC(NC)CC1. The summed E-state index contributed by atoms with van der Waals surface area (Å²) in [4.78, 5) is 0. The predicted octanol–water partition coefficient (Wildman–Crippen LogP) is 1.19. The van der Waals surface area contributed by atoms with Gasteiger partial charge in [-0.3, -0.25) is 0 Å². The van der Waals surface area contributed by atoms with Gasteiger partial charge in [-0.1, -0.05) is 6.92 Å². The Balaban J connectivity index is 2.53. The maximum absolute atomic E-state index is 11.9. The summed E-state index contributed by atoms with van der Waals surface area (Å²) >= 11 is 0. The van der Waals surface area contributed by atoms with E-state index >= 15 is 0 Å². The lowest BCUT2D eigenvalue weighted by atomic mass is 9.91. The second-order valence-electron chi connectivity index (χ2n) is 4.63. The molecule has 0 unspecified atom stereocenters. The molecule has 0 radical (unpaired) electrons. The molecule has 0 heterocycles. The van der Waals surface area contributed by atoms with Crippen LogP contribution in [-0.4, -0.2) is 44.7 Å². The Morgan fingerprint density at radius 1 is 1.25 bits per heavy atom. The van der Waals surface area contributed by atoms with Gasteiger partial charge in [0.05, 0.1) is 5.75 Å². The molecule has 1 saturated carbocycles. The molecular formula is C11H24N2O2S. The molecule has 1 aliphatic rings. The number of nitrogens with one attached hydrogen (secondary N) is 1. The third-order valence-electron chi connectivity index (χ3n) is 3.52. The molecular weight excluding hydrogens is 224 g/mol. The van der Waals surface area contributed by atoms with Crippen LogP contribution in [-0.2, 0) is 10.0 Å². The largest absolute Gasteiger partial charge is 0.317 e. The molecule has 0 saturated heterocycles. The normalized spacial score (nSPS) is 27.2. The number of sulfonamides is 1. The lowest BCUT2D eigenvalue weighted by Crippen LogP contribution is -2.43. The van der Waals surface area contributed by atoms with Crippen LogP contribution in [0.25, 0.3) is 0 Å². The first-order valence-corrected chi connectivity index (χ1v) is 7.75. The molecule has 0 atom stereocenters. The number of nitrogens with zero attached hydrogens (tertiary/aromatic N) is 1. The zero-order valence-electron chi connectivity index (χ0n) is 10.6. The highest BCUT2D eigenvalue weighted by molar-refractivity contribution is 7.89. The van der Waals surface area contributed by atoms with Gasteiger partial charge in [-0.2, -0.15) is 0 Å². The van der Waals surface area contributed by atoms with Crippen LogP contribution in [0.1, 0.15) is 39.0 Å². The van der Waals surface area contributed by atoms with E-state index in [0.717, 1.165) is 25.7 Å². The maximum Gasteiger partial charge on any atom is 0.214 e. The van der Waals surface area contributed by atoms with Crippen molar-refractivity contribution in [3.63, 3.8) is 0 Å². The molecule has 1 rings (SSSR count). The molecule has 1 fully saturated rings. The van der Waals surface area contributed by atoms with Crippen molar-refractivity contribution in [1.82, 2.24) is 9.62 Å². The van der Waals surface area contributed by atoms with Crippen molar-refractivity contribution in [2.45, 2.75) is 51.1 Å². The standard InChI is InChI=1S/C11H24N2O2S/c1-4-9-16(14,15)13(3)11-7-5-10(12-2)6-8-11/h10-12H,4-9H2,1-3H3. The van der Waals surface area contributed by atoms with E-state index in [-0.39, 0.29) is 11.8 Å². The number of hydrogen-bond donors (Lipinski definition) is 1. The van der Waals surface area contributed by atoms with E-state index in [4.69, 9.17) is 0 Å². The molecule has 16 heavy (non-hydrogen) atoms. The summed E-state index contributed by atoms with van der Waals surface area (Å²) in [6.45, 7) is 1.91. The van der Waals surface area contributed by atoms with Gasteiger partial charge in [-0.15, -0.1) is 0 Å². The Morgan fingerprint density at radius 3 is 2.25 bits per heavy atom. The molecule has 1 aliphatic carbocycles. The average molecular weight is 248 g/mol. The van der Waals surface area contributed by atoms with Crippen molar-refractivity contribution in [2.24, 2.45) is 0 Å². The van der Waals surface area contributed by atoms with Gasteiger partial charge in [-0.05, 0) is 39.2 Å². The van der Waals surface area contributed by atoms with Gasteiger partial charge < -0.3 is 5.32 Å². The fourth-order valence-electron chi connectivity index (χ4n) is 2.36. The van der Waals surface area contributed by atoms with Crippen LogP contribution >= 0.6 is 0 Å². The smallest absolute Gasteiger partial charge is 0.214 e. The topological polar surface area (TPSA) is 49.4 Å². The monoisotopic (exact) mass is 248 g/mol. The van der Waals surface area contributed by atoms with Crippen LogP contribution < -0.4 is 5.32 Å². The minimum absolute atomic E-state index is 0.209. The fourth-order valence-corrected chi connectivity index (χ4v) is 3.83. The molecule has 0 spiro atoms. The van der Waals surface area contributed by atoms with Crippen molar-refractivity contribution in [3.05, 3.63) is 0 Å². The van der Waals surface area contributed by atoms with Gasteiger partial charge >= 0.3 is 0 Å². The van der Waals surface area contributed by atoms with E-state index in [0.29, 0.717) is 12.5 Å². The third kappa shape index (κ3) is 3.43. The van der Waals surface area contributed by atoms with Crippen LogP contribution in [0.3, 0.4) is 0 Å². The van der Waals surface area contributed by atoms with Gasteiger partial charge in [0.25, 0.3) is 0 Å². The van der Waals surface area contributed by atoms with Crippen LogP contribution in [0, 0.1) is 0 Å². The van der Waals surface area contributed by atoms with Gasteiger partial charge in [0.2, 0.25) is 10.0 Å². The summed E-state index contributed by atoms with van der Waals surface area (Å²) in [5.74, 6) is 0.273. The molecule has 0 aromatic heterocycles. The van der Waals surface area contributed by atoms with Gasteiger partial charge in [0.1, 0.15) is 0 Å². The summed E-state index contributed by atoms with van der Waals surface area (Å²) in [6, 6.07) is 0.777. The highest BCUT2D eigenvalue weighted by atomic mass is 32.2. The highest BCUT2D eigenvalue weighted by Gasteiger charge is 2.29. The molecule has 96 valence electrons. The highest BCUT2D eigenvalue weighted by Crippen LogP contribution is 2.24. The quantitative estimate of drug-likeness (QED) is 0.795. The summed E-state index contributed by atoms with van der Waals surface area (Å²) < 4.78 is 25.4. The first-order valence-electron chi connectivity index (χ1n) is 6.14. The lowest BCUT2D eigenvalue weighted by molar-refractivity contribution is 0.255. The summed E-state index contributed by atoms with van der Waals surface area (Å²) in [5, 5.41) is 3.26. The molecule has 0 amide bonds. The van der Waals surface area contributed by atoms with E-state index in [1.165, 1.54) is 0 Å². The Morgan fingerprint density at radius 2 is 1.81 bits per heavy atom. The molecule has 0 aromatic rings. The van der Waals surface area contributed by atoms with Crippen molar-refractivity contribution < 1.29 is 8.42 Å². The average Bonchev–Trinajstić information content (AvgIpc) is 2.28. The lowest BCUT2D eigenvalue weighted by Gasteiger charge is -2.33. The molecule has 0 aliphatic heterocycles. The van der Waals surface area contributed by atoms with E-state index in [1.54, 1.807) is 11.4 Å². The van der Waals surface area contributed by atoms with Crippen LogP contribution in [0.2, 0.25) is 0 Å². The Kier molecular flexibility index (Phi) is 5.21. The van der Waals surface area contributed by atoms with E-state index < -0.39 is 10.0 Å². The number of rotatable bonds is 5. The minimum Gasteiger partial charge on any atom is -0.317 e. The zero-order valence-corrected chi connectivity index (χ0v) is 11.4. The zero-order chi connectivity index (χ0) is 12.2.